The Morgan fingerprint density at radius 2 is 1.57 bits per heavy atom. The van der Waals surface area contributed by atoms with Gasteiger partial charge in [-0.25, -0.2) is 4.39 Å². The molecule has 3 rings (SSSR count). The van der Waals surface area contributed by atoms with Gasteiger partial charge in [-0.2, -0.15) is 0 Å². The second kappa shape index (κ2) is 8.81. The molecular formula is C22H20FN3O2. The zero-order valence-corrected chi connectivity index (χ0v) is 15.3. The van der Waals surface area contributed by atoms with E-state index in [1.165, 1.54) is 12.1 Å². The summed E-state index contributed by atoms with van der Waals surface area (Å²) in [4.78, 5) is 24.2. The Kier molecular flexibility index (Phi) is 6.01. The number of anilines is 3. The number of carbonyl (C=O) groups is 2. The van der Waals surface area contributed by atoms with E-state index in [-0.39, 0.29) is 24.0 Å². The highest BCUT2D eigenvalue weighted by Gasteiger charge is 2.08. The summed E-state index contributed by atoms with van der Waals surface area (Å²) in [6, 6.07) is 20.3. The second-order valence-corrected chi connectivity index (χ2v) is 6.28. The van der Waals surface area contributed by atoms with Gasteiger partial charge in [0, 0.05) is 16.9 Å². The number of benzene rings is 3. The summed E-state index contributed by atoms with van der Waals surface area (Å²) >= 11 is 0. The summed E-state index contributed by atoms with van der Waals surface area (Å²) in [6.45, 7) is 1.92. The van der Waals surface area contributed by atoms with Crippen LogP contribution < -0.4 is 16.0 Å². The van der Waals surface area contributed by atoms with E-state index in [1.54, 1.807) is 42.5 Å². The maximum absolute atomic E-state index is 13.5. The highest BCUT2D eigenvalue weighted by molar-refractivity contribution is 6.04. The second-order valence-electron chi connectivity index (χ2n) is 6.28. The van der Waals surface area contributed by atoms with Crippen LogP contribution >= 0.6 is 0 Å². The van der Waals surface area contributed by atoms with Gasteiger partial charge in [-0.3, -0.25) is 9.59 Å². The Hall–Kier alpha value is -3.67. The lowest BCUT2D eigenvalue weighted by atomic mass is 10.1. The average Bonchev–Trinajstić information content (AvgIpc) is 2.69. The van der Waals surface area contributed by atoms with Crippen LogP contribution in [0.4, 0.5) is 21.5 Å². The van der Waals surface area contributed by atoms with Crippen molar-refractivity contribution in [3.05, 3.63) is 89.7 Å². The van der Waals surface area contributed by atoms with Gasteiger partial charge in [0.15, 0.2) is 0 Å². The zero-order valence-electron chi connectivity index (χ0n) is 15.3. The molecule has 0 atom stereocenters. The van der Waals surface area contributed by atoms with Gasteiger partial charge >= 0.3 is 0 Å². The standard InChI is InChI=1S/C22H20FN3O2/c1-15-5-4-6-16(13-15)22(28)25-18-11-9-17(10-12-18)24-14-21(27)26-20-8-3-2-7-19(20)23/h2-13,24H,14H2,1H3,(H,25,28)(H,26,27). The molecule has 3 aromatic rings. The van der Waals surface area contributed by atoms with E-state index < -0.39 is 5.82 Å². The van der Waals surface area contributed by atoms with Crippen molar-refractivity contribution >= 4 is 28.9 Å². The quantitative estimate of drug-likeness (QED) is 0.595. The first-order chi connectivity index (χ1) is 13.5. The van der Waals surface area contributed by atoms with Gasteiger partial charge in [-0.1, -0.05) is 29.8 Å². The Morgan fingerprint density at radius 3 is 2.29 bits per heavy atom. The minimum absolute atomic E-state index is 0.0106. The van der Waals surface area contributed by atoms with E-state index >= 15 is 0 Å². The lowest BCUT2D eigenvalue weighted by Crippen LogP contribution is -2.22. The van der Waals surface area contributed by atoms with E-state index in [0.717, 1.165) is 5.56 Å². The molecule has 6 heteroatoms. The molecule has 0 radical (unpaired) electrons. The van der Waals surface area contributed by atoms with Crippen LogP contribution in [0.2, 0.25) is 0 Å². The van der Waals surface area contributed by atoms with Crippen LogP contribution in [0.15, 0.2) is 72.8 Å². The summed E-state index contributed by atoms with van der Waals surface area (Å²) < 4.78 is 13.5. The zero-order chi connectivity index (χ0) is 19.9. The summed E-state index contributed by atoms with van der Waals surface area (Å²) in [7, 11) is 0. The lowest BCUT2D eigenvalue weighted by Gasteiger charge is -2.10. The van der Waals surface area contributed by atoms with Crippen molar-refractivity contribution in [2.75, 3.05) is 22.5 Å². The molecule has 0 heterocycles. The Bertz CT molecular complexity index is 987. The van der Waals surface area contributed by atoms with Gasteiger partial charge in [0.05, 0.1) is 12.2 Å². The number of amides is 2. The molecular weight excluding hydrogens is 357 g/mol. The molecule has 3 N–H and O–H groups in total. The largest absolute Gasteiger partial charge is 0.376 e. The third-order valence-corrected chi connectivity index (χ3v) is 4.02. The highest BCUT2D eigenvalue weighted by atomic mass is 19.1. The van der Waals surface area contributed by atoms with Crippen LogP contribution in [0.3, 0.4) is 0 Å². The summed E-state index contributed by atoms with van der Waals surface area (Å²) in [5.41, 5.74) is 3.10. The predicted octanol–water partition coefficient (Wildman–Crippen LogP) is 4.44. The van der Waals surface area contributed by atoms with Crippen molar-refractivity contribution < 1.29 is 14.0 Å². The fourth-order valence-corrected chi connectivity index (χ4v) is 2.60. The monoisotopic (exact) mass is 377 g/mol. The van der Waals surface area contributed by atoms with Crippen molar-refractivity contribution in [3.63, 3.8) is 0 Å². The van der Waals surface area contributed by atoms with Gasteiger partial charge in [-0.15, -0.1) is 0 Å². The third-order valence-electron chi connectivity index (χ3n) is 4.02. The van der Waals surface area contributed by atoms with Gasteiger partial charge in [0.25, 0.3) is 5.91 Å². The number of hydrogen-bond acceptors (Lipinski definition) is 3. The molecule has 0 aliphatic carbocycles. The van der Waals surface area contributed by atoms with Crippen molar-refractivity contribution in [1.82, 2.24) is 0 Å². The number of rotatable bonds is 6. The molecule has 0 fully saturated rings. The number of halogens is 1. The van der Waals surface area contributed by atoms with Gasteiger partial charge < -0.3 is 16.0 Å². The minimum atomic E-state index is -0.482. The molecule has 0 bridgehead atoms. The summed E-state index contributed by atoms with van der Waals surface area (Å²) in [5, 5.41) is 8.29. The lowest BCUT2D eigenvalue weighted by molar-refractivity contribution is -0.114. The number of aryl methyl sites for hydroxylation is 1. The van der Waals surface area contributed by atoms with E-state index in [2.05, 4.69) is 16.0 Å². The van der Waals surface area contributed by atoms with Crippen molar-refractivity contribution in [2.45, 2.75) is 6.92 Å². The Morgan fingerprint density at radius 1 is 0.857 bits per heavy atom. The molecule has 2 amide bonds. The molecule has 142 valence electrons. The Labute approximate surface area is 162 Å². The molecule has 0 aliphatic heterocycles. The predicted molar refractivity (Wildman–Crippen MR) is 109 cm³/mol. The van der Waals surface area contributed by atoms with Crippen LogP contribution in [-0.2, 0) is 4.79 Å². The van der Waals surface area contributed by atoms with Crippen molar-refractivity contribution in [3.8, 4) is 0 Å². The minimum Gasteiger partial charge on any atom is -0.376 e. The van der Waals surface area contributed by atoms with Crippen LogP contribution in [0.25, 0.3) is 0 Å². The maximum Gasteiger partial charge on any atom is 0.255 e. The molecule has 0 spiro atoms. The van der Waals surface area contributed by atoms with Crippen LogP contribution in [-0.4, -0.2) is 18.4 Å². The third kappa shape index (κ3) is 5.17. The molecule has 28 heavy (non-hydrogen) atoms. The fraction of sp³-hybridized carbons (Fsp3) is 0.0909. The molecule has 0 aliphatic rings. The van der Waals surface area contributed by atoms with E-state index in [0.29, 0.717) is 16.9 Å². The number of para-hydroxylation sites is 1. The van der Waals surface area contributed by atoms with Gasteiger partial charge in [0.2, 0.25) is 5.91 Å². The number of hydrogen-bond donors (Lipinski definition) is 3. The number of carbonyl (C=O) groups excluding carboxylic acids is 2. The highest BCUT2D eigenvalue weighted by Crippen LogP contribution is 2.16. The van der Waals surface area contributed by atoms with Crippen LogP contribution in [0.5, 0.6) is 0 Å². The normalized spacial score (nSPS) is 10.2. The van der Waals surface area contributed by atoms with Crippen LogP contribution in [0.1, 0.15) is 15.9 Å². The smallest absolute Gasteiger partial charge is 0.255 e. The first kappa shape index (κ1) is 19.1. The molecule has 3 aromatic carbocycles. The molecule has 0 saturated carbocycles. The van der Waals surface area contributed by atoms with Crippen molar-refractivity contribution in [1.29, 1.82) is 0 Å². The fourth-order valence-electron chi connectivity index (χ4n) is 2.60. The van der Waals surface area contributed by atoms with Gasteiger partial charge in [-0.05, 0) is 55.5 Å². The van der Waals surface area contributed by atoms with Crippen LogP contribution in [0, 0.1) is 12.7 Å². The average molecular weight is 377 g/mol. The Balaban J connectivity index is 1.52. The molecule has 0 aromatic heterocycles. The maximum atomic E-state index is 13.5. The van der Waals surface area contributed by atoms with E-state index in [9.17, 15) is 14.0 Å². The summed E-state index contributed by atoms with van der Waals surface area (Å²) in [5.74, 6) is -1.03. The summed E-state index contributed by atoms with van der Waals surface area (Å²) in [6.07, 6.45) is 0. The van der Waals surface area contributed by atoms with E-state index in [4.69, 9.17) is 0 Å². The molecule has 0 saturated heterocycles. The SMILES string of the molecule is Cc1cccc(C(=O)Nc2ccc(NCC(=O)Nc3ccccc3F)cc2)c1. The molecule has 5 nitrogen and oxygen atoms in total. The molecule has 0 unspecified atom stereocenters. The first-order valence-corrected chi connectivity index (χ1v) is 8.77. The topological polar surface area (TPSA) is 70.2 Å². The van der Waals surface area contributed by atoms with Gasteiger partial charge in [0.1, 0.15) is 5.82 Å². The van der Waals surface area contributed by atoms with Crippen molar-refractivity contribution in [2.24, 2.45) is 0 Å². The van der Waals surface area contributed by atoms with E-state index in [1.807, 2.05) is 25.1 Å². The first-order valence-electron chi connectivity index (χ1n) is 8.77. The number of nitrogens with one attached hydrogen (secondary N) is 3.